The van der Waals surface area contributed by atoms with E-state index in [0.29, 0.717) is 30.6 Å². The molecule has 1 saturated heterocycles. The van der Waals surface area contributed by atoms with Gasteiger partial charge in [0.05, 0.1) is 12.0 Å². The van der Waals surface area contributed by atoms with Crippen molar-refractivity contribution in [1.82, 2.24) is 15.0 Å². The average molecular weight is 341 g/mol. The summed E-state index contributed by atoms with van der Waals surface area (Å²) in [5.41, 5.74) is 1.09. The van der Waals surface area contributed by atoms with Gasteiger partial charge in [-0.3, -0.25) is 4.79 Å². The summed E-state index contributed by atoms with van der Waals surface area (Å²) < 4.78 is 10.9. The Morgan fingerprint density at radius 2 is 2.08 bits per heavy atom. The number of rotatable bonds is 5. The molecule has 2 aromatic rings. The molecular formula is C19H23N3O3. The zero-order valence-corrected chi connectivity index (χ0v) is 14.6. The first-order valence-electron chi connectivity index (χ1n) is 8.85. The van der Waals surface area contributed by atoms with Crippen LogP contribution in [0.25, 0.3) is 0 Å². The van der Waals surface area contributed by atoms with Crippen LogP contribution < -0.4 is 0 Å². The van der Waals surface area contributed by atoms with E-state index in [4.69, 9.17) is 9.26 Å². The second-order valence-electron chi connectivity index (χ2n) is 7.01. The molecule has 0 bridgehead atoms. The van der Waals surface area contributed by atoms with Gasteiger partial charge in [0.15, 0.2) is 5.82 Å². The van der Waals surface area contributed by atoms with Crippen molar-refractivity contribution in [2.45, 2.75) is 44.2 Å². The van der Waals surface area contributed by atoms with Crippen LogP contribution in [0.4, 0.5) is 0 Å². The summed E-state index contributed by atoms with van der Waals surface area (Å²) in [5, 5.41) is 3.89. The van der Waals surface area contributed by atoms with Crippen molar-refractivity contribution in [3.05, 3.63) is 47.6 Å². The highest BCUT2D eigenvalue weighted by Crippen LogP contribution is 2.45. The van der Waals surface area contributed by atoms with E-state index in [1.54, 1.807) is 14.0 Å². The Balaban J connectivity index is 1.64. The monoisotopic (exact) mass is 341 g/mol. The Hall–Kier alpha value is -2.21. The number of amides is 1. The number of hydrogen-bond acceptors (Lipinski definition) is 5. The summed E-state index contributed by atoms with van der Waals surface area (Å²) in [6.45, 7) is 2.36. The Morgan fingerprint density at radius 3 is 2.68 bits per heavy atom. The quantitative estimate of drug-likeness (QED) is 0.836. The van der Waals surface area contributed by atoms with Gasteiger partial charge in [0, 0.05) is 20.1 Å². The molecule has 0 spiro atoms. The topological polar surface area (TPSA) is 68.5 Å². The van der Waals surface area contributed by atoms with Crippen LogP contribution >= 0.6 is 0 Å². The first-order valence-corrected chi connectivity index (χ1v) is 8.85. The number of nitrogens with zero attached hydrogens (tertiary/aromatic N) is 3. The number of ether oxygens (including phenoxy) is 1. The fraction of sp³-hybridized carbons (Fsp3) is 0.526. The van der Waals surface area contributed by atoms with E-state index >= 15 is 0 Å². The third kappa shape index (κ3) is 3.18. The molecule has 2 aliphatic rings. The van der Waals surface area contributed by atoms with Crippen LogP contribution in [-0.4, -0.2) is 40.7 Å². The first kappa shape index (κ1) is 16.3. The van der Waals surface area contributed by atoms with Crippen LogP contribution in [0.1, 0.15) is 48.5 Å². The lowest BCUT2D eigenvalue weighted by atomic mass is 9.92. The molecule has 4 rings (SSSR count). The zero-order chi connectivity index (χ0) is 17.4. The van der Waals surface area contributed by atoms with E-state index in [-0.39, 0.29) is 24.0 Å². The highest BCUT2D eigenvalue weighted by Gasteiger charge is 2.45. The predicted octanol–water partition coefficient (Wildman–Crippen LogP) is 2.86. The third-order valence-corrected chi connectivity index (χ3v) is 5.23. The summed E-state index contributed by atoms with van der Waals surface area (Å²) in [6.07, 6.45) is 2.90. The lowest BCUT2D eigenvalue weighted by Gasteiger charge is -2.27. The molecule has 1 amide bonds. The van der Waals surface area contributed by atoms with Crippen LogP contribution in [0.15, 0.2) is 34.9 Å². The van der Waals surface area contributed by atoms with Gasteiger partial charge < -0.3 is 14.2 Å². The minimum atomic E-state index is -0.205. The average Bonchev–Trinajstić information content (AvgIpc) is 3.20. The number of methoxy groups -OCH3 is 1. The van der Waals surface area contributed by atoms with Gasteiger partial charge in [-0.25, -0.2) is 0 Å². The number of aryl methyl sites for hydroxylation is 1. The minimum absolute atomic E-state index is 0.00298. The molecule has 2 heterocycles. The summed E-state index contributed by atoms with van der Waals surface area (Å²) in [6, 6.07) is 9.88. The van der Waals surface area contributed by atoms with Crippen molar-refractivity contribution >= 4 is 5.91 Å². The van der Waals surface area contributed by atoms with Crippen molar-refractivity contribution in [3.63, 3.8) is 0 Å². The van der Waals surface area contributed by atoms with Crippen molar-refractivity contribution in [2.24, 2.45) is 5.92 Å². The summed E-state index contributed by atoms with van der Waals surface area (Å²) in [4.78, 5) is 19.7. The molecule has 6 heteroatoms. The van der Waals surface area contributed by atoms with Gasteiger partial charge in [-0.1, -0.05) is 35.5 Å². The molecule has 1 saturated carbocycles. The maximum atomic E-state index is 13.5. The third-order valence-electron chi connectivity index (χ3n) is 5.23. The molecular weight excluding hydrogens is 318 g/mol. The van der Waals surface area contributed by atoms with Crippen LogP contribution in [-0.2, 0) is 9.53 Å². The lowest BCUT2D eigenvalue weighted by molar-refractivity contribution is -0.135. The largest absolute Gasteiger partial charge is 0.380 e. The van der Waals surface area contributed by atoms with Crippen molar-refractivity contribution in [2.75, 3.05) is 13.7 Å². The molecule has 1 aromatic carbocycles. The van der Waals surface area contributed by atoms with Crippen molar-refractivity contribution < 1.29 is 14.1 Å². The van der Waals surface area contributed by atoms with E-state index in [2.05, 4.69) is 22.3 Å². The highest BCUT2D eigenvalue weighted by molar-refractivity contribution is 5.85. The fourth-order valence-corrected chi connectivity index (χ4v) is 3.78. The van der Waals surface area contributed by atoms with E-state index in [9.17, 15) is 4.79 Å². The van der Waals surface area contributed by atoms with Crippen LogP contribution in [0.2, 0.25) is 0 Å². The van der Waals surface area contributed by atoms with Gasteiger partial charge in [-0.05, 0) is 31.2 Å². The van der Waals surface area contributed by atoms with Gasteiger partial charge in [0.2, 0.25) is 11.8 Å². The van der Waals surface area contributed by atoms with Crippen LogP contribution in [0.3, 0.4) is 0 Å². The fourth-order valence-electron chi connectivity index (χ4n) is 3.78. The maximum absolute atomic E-state index is 13.5. The molecule has 1 unspecified atom stereocenters. The molecule has 2 fully saturated rings. The van der Waals surface area contributed by atoms with Crippen molar-refractivity contribution in [1.29, 1.82) is 0 Å². The van der Waals surface area contributed by atoms with E-state index < -0.39 is 0 Å². The number of carbonyl (C=O) groups is 1. The van der Waals surface area contributed by atoms with Gasteiger partial charge in [0.1, 0.15) is 6.04 Å². The van der Waals surface area contributed by atoms with E-state index in [0.717, 1.165) is 18.4 Å². The lowest BCUT2D eigenvalue weighted by Crippen LogP contribution is -2.36. The Bertz CT molecular complexity index is 741. The summed E-state index contributed by atoms with van der Waals surface area (Å²) in [5.74, 6) is 1.58. The molecule has 132 valence electrons. The Labute approximate surface area is 147 Å². The van der Waals surface area contributed by atoms with Gasteiger partial charge >= 0.3 is 0 Å². The number of likely N-dealkylation sites (tertiary alicyclic amines) is 1. The first-order chi connectivity index (χ1) is 12.2. The molecule has 0 N–H and O–H groups in total. The standard InChI is InChI=1S/C19H23N3O3/c1-12-20-18(25-21-12)16-10-15(24-2)11-22(16)19(23)17(14-8-9-14)13-6-4-3-5-7-13/h3-7,14-17H,8-11H2,1-2H3/t15-,16-,17?/m1/s1. The maximum Gasteiger partial charge on any atom is 0.249 e. The van der Waals surface area contributed by atoms with Gasteiger partial charge in [-0.2, -0.15) is 4.98 Å². The molecule has 1 aliphatic heterocycles. The van der Waals surface area contributed by atoms with Gasteiger partial charge in [0.25, 0.3) is 0 Å². The molecule has 1 aromatic heterocycles. The number of benzene rings is 1. The Kier molecular flexibility index (Phi) is 4.29. The van der Waals surface area contributed by atoms with Gasteiger partial charge in [-0.15, -0.1) is 0 Å². The SMILES string of the molecule is CO[C@@H]1C[C@H](c2nc(C)no2)N(C(=O)C(c2ccccc2)C2CC2)C1. The van der Waals surface area contributed by atoms with Crippen molar-refractivity contribution in [3.8, 4) is 0 Å². The second kappa shape index (κ2) is 6.59. The summed E-state index contributed by atoms with van der Waals surface area (Å²) in [7, 11) is 1.68. The summed E-state index contributed by atoms with van der Waals surface area (Å²) >= 11 is 0. The molecule has 1 aliphatic carbocycles. The Morgan fingerprint density at radius 1 is 1.32 bits per heavy atom. The smallest absolute Gasteiger partial charge is 0.249 e. The molecule has 3 atom stereocenters. The normalized spacial score (nSPS) is 24.5. The minimum Gasteiger partial charge on any atom is -0.380 e. The highest BCUT2D eigenvalue weighted by atomic mass is 16.5. The molecule has 0 radical (unpaired) electrons. The number of aromatic nitrogens is 2. The predicted molar refractivity (Wildman–Crippen MR) is 90.8 cm³/mol. The van der Waals surface area contributed by atoms with Crippen LogP contribution in [0, 0.1) is 12.8 Å². The number of hydrogen-bond donors (Lipinski definition) is 0. The van der Waals surface area contributed by atoms with E-state index in [1.807, 2.05) is 23.1 Å². The van der Waals surface area contributed by atoms with E-state index in [1.165, 1.54) is 0 Å². The second-order valence-corrected chi connectivity index (χ2v) is 7.01. The molecule has 6 nitrogen and oxygen atoms in total. The van der Waals surface area contributed by atoms with Crippen LogP contribution in [0.5, 0.6) is 0 Å². The molecule has 25 heavy (non-hydrogen) atoms. The number of carbonyl (C=O) groups excluding carboxylic acids is 1. The zero-order valence-electron chi connectivity index (χ0n) is 14.6.